The molecule has 1 saturated heterocycles. The molecule has 0 saturated carbocycles. The monoisotopic (exact) mass is 410 g/mol. The van der Waals surface area contributed by atoms with Crippen molar-refractivity contribution in [1.82, 2.24) is 9.80 Å². The summed E-state index contributed by atoms with van der Waals surface area (Å²) >= 11 is 0. The summed E-state index contributed by atoms with van der Waals surface area (Å²) < 4.78 is 46.9. The Bertz CT molecular complexity index is 844. The van der Waals surface area contributed by atoms with E-state index in [0.717, 1.165) is 0 Å². The van der Waals surface area contributed by atoms with Crippen LogP contribution in [0.3, 0.4) is 0 Å². The van der Waals surface area contributed by atoms with E-state index in [0.29, 0.717) is 25.9 Å². The van der Waals surface area contributed by atoms with Crippen molar-refractivity contribution in [2.75, 3.05) is 20.1 Å². The zero-order valence-corrected chi connectivity index (χ0v) is 15.8. The lowest BCUT2D eigenvalue weighted by Gasteiger charge is -2.33. The number of amides is 2. The number of hydrogen-bond donors (Lipinski definition) is 0. The molecule has 1 fully saturated rings. The fourth-order valence-corrected chi connectivity index (χ4v) is 3.39. The zero-order valence-electron chi connectivity index (χ0n) is 15.8. The number of halogens is 3. The number of likely N-dealkylation sites (tertiary alicyclic amines) is 1. The van der Waals surface area contributed by atoms with Gasteiger partial charge < -0.3 is 19.0 Å². The molecule has 29 heavy (non-hydrogen) atoms. The van der Waals surface area contributed by atoms with Crippen LogP contribution in [0.2, 0.25) is 0 Å². The Balaban J connectivity index is 1.57. The molecule has 1 aromatic carbocycles. The second-order valence-corrected chi connectivity index (χ2v) is 6.89. The molecule has 0 spiro atoms. The van der Waals surface area contributed by atoms with Gasteiger partial charge in [-0.25, -0.2) is 0 Å². The summed E-state index contributed by atoms with van der Waals surface area (Å²) in [4.78, 5) is 28.1. The van der Waals surface area contributed by atoms with E-state index in [9.17, 15) is 22.8 Å². The van der Waals surface area contributed by atoms with Gasteiger partial charge >= 0.3 is 6.36 Å². The molecule has 1 aliphatic rings. The summed E-state index contributed by atoms with van der Waals surface area (Å²) in [7, 11) is 1.55. The van der Waals surface area contributed by atoms with E-state index >= 15 is 0 Å². The smallest absolute Gasteiger partial charge is 0.459 e. The van der Waals surface area contributed by atoms with Gasteiger partial charge in [0.15, 0.2) is 5.76 Å². The van der Waals surface area contributed by atoms with Crippen LogP contribution in [0, 0.1) is 5.92 Å². The molecule has 3 rings (SSSR count). The molecule has 6 nitrogen and oxygen atoms in total. The van der Waals surface area contributed by atoms with Gasteiger partial charge in [0.05, 0.1) is 6.26 Å². The van der Waals surface area contributed by atoms with Gasteiger partial charge in [-0.1, -0.05) is 18.2 Å². The van der Waals surface area contributed by atoms with E-state index in [2.05, 4.69) is 4.74 Å². The van der Waals surface area contributed by atoms with Crippen LogP contribution in [0.4, 0.5) is 13.2 Å². The molecular formula is C20H21F3N2O4. The average Bonchev–Trinajstić information content (AvgIpc) is 3.22. The van der Waals surface area contributed by atoms with E-state index in [4.69, 9.17) is 4.42 Å². The van der Waals surface area contributed by atoms with E-state index in [1.54, 1.807) is 30.1 Å². The van der Waals surface area contributed by atoms with E-state index in [-0.39, 0.29) is 41.4 Å². The van der Waals surface area contributed by atoms with Crippen molar-refractivity contribution in [3.63, 3.8) is 0 Å². The zero-order chi connectivity index (χ0) is 21.0. The lowest BCUT2D eigenvalue weighted by Crippen LogP contribution is -2.43. The number of para-hydroxylation sites is 1. The Hall–Kier alpha value is -2.97. The Labute approximate surface area is 165 Å². The molecule has 1 aliphatic heterocycles. The third-order valence-electron chi connectivity index (χ3n) is 4.85. The van der Waals surface area contributed by atoms with Gasteiger partial charge in [0, 0.05) is 38.2 Å². The molecular weight excluding hydrogens is 389 g/mol. The Morgan fingerprint density at radius 1 is 1.17 bits per heavy atom. The van der Waals surface area contributed by atoms with Gasteiger partial charge in [-0.2, -0.15) is 0 Å². The highest BCUT2D eigenvalue weighted by atomic mass is 19.4. The number of carbonyl (C=O) groups is 2. The van der Waals surface area contributed by atoms with Gasteiger partial charge in [-0.15, -0.1) is 13.2 Å². The van der Waals surface area contributed by atoms with Crippen LogP contribution >= 0.6 is 0 Å². The highest BCUT2D eigenvalue weighted by Gasteiger charge is 2.33. The minimum absolute atomic E-state index is 0.00335. The first-order chi connectivity index (χ1) is 13.7. The molecule has 156 valence electrons. The second kappa shape index (κ2) is 8.59. The van der Waals surface area contributed by atoms with Crippen LogP contribution in [-0.2, 0) is 11.3 Å². The Morgan fingerprint density at radius 2 is 1.86 bits per heavy atom. The predicted octanol–water partition coefficient (Wildman–Crippen LogP) is 3.69. The molecule has 2 amide bonds. The van der Waals surface area contributed by atoms with Gasteiger partial charge in [0.2, 0.25) is 5.91 Å². The van der Waals surface area contributed by atoms with Crippen LogP contribution in [-0.4, -0.2) is 48.1 Å². The van der Waals surface area contributed by atoms with Crippen molar-refractivity contribution in [3.8, 4) is 5.75 Å². The lowest BCUT2D eigenvalue weighted by atomic mass is 9.95. The number of benzene rings is 1. The fraction of sp³-hybridized carbons (Fsp3) is 0.400. The first-order valence-corrected chi connectivity index (χ1v) is 9.16. The van der Waals surface area contributed by atoms with Crippen LogP contribution < -0.4 is 4.74 Å². The number of alkyl halides is 3. The maximum absolute atomic E-state index is 12.7. The average molecular weight is 410 g/mol. The maximum Gasteiger partial charge on any atom is 0.573 e. The standard InChI is InChI=1S/C20H21F3N2O4/c1-24(13-15-5-2-3-6-16(15)29-20(21,22)23)18(26)14-8-10-25(11-9-14)19(27)17-7-4-12-28-17/h2-7,12,14H,8-11,13H2,1H3. The quantitative estimate of drug-likeness (QED) is 0.754. The van der Waals surface area contributed by atoms with Crippen LogP contribution in [0.15, 0.2) is 47.1 Å². The summed E-state index contributed by atoms with van der Waals surface area (Å²) in [6.45, 7) is 0.825. The third kappa shape index (κ3) is 5.30. The molecule has 2 aromatic rings. The van der Waals surface area contributed by atoms with E-state index < -0.39 is 6.36 Å². The summed E-state index contributed by atoms with van der Waals surface area (Å²) in [5, 5.41) is 0. The molecule has 0 N–H and O–H groups in total. The Kier molecular flexibility index (Phi) is 6.14. The number of rotatable bonds is 5. The molecule has 0 atom stereocenters. The van der Waals surface area contributed by atoms with Gasteiger partial charge in [0.25, 0.3) is 5.91 Å². The predicted molar refractivity (Wildman–Crippen MR) is 96.9 cm³/mol. The highest BCUT2D eigenvalue weighted by molar-refractivity contribution is 5.91. The van der Waals surface area contributed by atoms with E-state index in [1.165, 1.54) is 29.4 Å². The van der Waals surface area contributed by atoms with Crippen molar-refractivity contribution in [1.29, 1.82) is 0 Å². The van der Waals surface area contributed by atoms with Gasteiger partial charge in [-0.3, -0.25) is 9.59 Å². The minimum atomic E-state index is -4.80. The highest BCUT2D eigenvalue weighted by Crippen LogP contribution is 2.28. The van der Waals surface area contributed by atoms with Crippen molar-refractivity contribution >= 4 is 11.8 Å². The number of nitrogens with zero attached hydrogens (tertiary/aromatic N) is 2. The first-order valence-electron chi connectivity index (χ1n) is 9.16. The van der Waals surface area contributed by atoms with Crippen LogP contribution in [0.5, 0.6) is 5.75 Å². The topological polar surface area (TPSA) is 63.0 Å². The van der Waals surface area contributed by atoms with Crippen molar-refractivity contribution < 1.29 is 31.9 Å². The fourth-order valence-electron chi connectivity index (χ4n) is 3.39. The van der Waals surface area contributed by atoms with Crippen molar-refractivity contribution in [2.24, 2.45) is 5.92 Å². The molecule has 0 radical (unpaired) electrons. The molecule has 2 heterocycles. The second-order valence-electron chi connectivity index (χ2n) is 6.89. The molecule has 0 unspecified atom stereocenters. The number of carbonyl (C=O) groups excluding carboxylic acids is 2. The number of piperidine rings is 1. The molecule has 9 heteroatoms. The van der Waals surface area contributed by atoms with Crippen molar-refractivity contribution in [2.45, 2.75) is 25.7 Å². The SMILES string of the molecule is CN(Cc1ccccc1OC(F)(F)F)C(=O)C1CCN(C(=O)c2ccco2)CC1. The largest absolute Gasteiger partial charge is 0.573 e. The van der Waals surface area contributed by atoms with E-state index in [1.807, 2.05) is 0 Å². The summed E-state index contributed by atoms with van der Waals surface area (Å²) in [5.74, 6) is -0.743. The molecule has 0 aliphatic carbocycles. The van der Waals surface area contributed by atoms with Crippen molar-refractivity contribution in [3.05, 3.63) is 54.0 Å². The summed E-state index contributed by atoms with van der Waals surface area (Å²) in [6, 6.07) is 8.98. The minimum Gasteiger partial charge on any atom is -0.459 e. The third-order valence-corrected chi connectivity index (χ3v) is 4.85. The summed E-state index contributed by atoms with van der Waals surface area (Å²) in [6.07, 6.45) is -2.41. The van der Waals surface area contributed by atoms with Crippen LogP contribution in [0.1, 0.15) is 29.0 Å². The van der Waals surface area contributed by atoms with Gasteiger partial charge in [0.1, 0.15) is 5.75 Å². The Morgan fingerprint density at radius 3 is 2.48 bits per heavy atom. The first kappa shape index (κ1) is 20.8. The van der Waals surface area contributed by atoms with Gasteiger partial charge in [-0.05, 0) is 31.0 Å². The normalized spacial score (nSPS) is 15.2. The lowest BCUT2D eigenvalue weighted by molar-refractivity contribution is -0.275. The molecule has 0 bridgehead atoms. The number of furan rings is 1. The summed E-state index contributed by atoms with van der Waals surface area (Å²) in [5.41, 5.74) is 0.270. The number of hydrogen-bond acceptors (Lipinski definition) is 4. The number of ether oxygens (including phenoxy) is 1. The maximum atomic E-state index is 12.7. The molecule has 1 aromatic heterocycles. The van der Waals surface area contributed by atoms with Crippen LogP contribution in [0.25, 0.3) is 0 Å².